The van der Waals surface area contributed by atoms with E-state index in [1.165, 1.54) is 0 Å². The average molecular weight is 163 g/mol. The first-order chi connectivity index (χ1) is 5.86. The second-order valence-electron chi connectivity index (χ2n) is 2.16. The molecule has 2 aromatic rings. The highest BCUT2D eigenvalue weighted by Crippen LogP contribution is 1.96. The summed E-state index contributed by atoms with van der Waals surface area (Å²) in [5.41, 5.74) is 0.698. The van der Waals surface area contributed by atoms with Gasteiger partial charge in [-0.05, 0) is 0 Å². The van der Waals surface area contributed by atoms with Gasteiger partial charge in [-0.3, -0.25) is 0 Å². The lowest BCUT2D eigenvalue weighted by molar-refractivity contribution is -0.726. The van der Waals surface area contributed by atoms with Crippen LogP contribution in [-0.2, 0) is 0 Å². The van der Waals surface area contributed by atoms with Gasteiger partial charge in [-0.25, -0.2) is 0 Å². The molecule has 0 N–H and O–H groups in total. The SMILES string of the molecule is [O-]c1n[n+](-c2ccccc2)no1. The molecule has 0 aliphatic carbocycles. The van der Waals surface area contributed by atoms with Crippen LogP contribution in [0, 0.1) is 0 Å². The van der Waals surface area contributed by atoms with E-state index in [-0.39, 0.29) is 0 Å². The van der Waals surface area contributed by atoms with Crippen molar-refractivity contribution in [2.24, 2.45) is 0 Å². The van der Waals surface area contributed by atoms with E-state index in [1.807, 2.05) is 18.2 Å². The highest BCUT2D eigenvalue weighted by Gasteiger charge is 2.08. The second-order valence-corrected chi connectivity index (χ2v) is 2.16. The van der Waals surface area contributed by atoms with Gasteiger partial charge in [-0.2, -0.15) is 0 Å². The van der Waals surface area contributed by atoms with Gasteiger partial charge in [0.05, 0.1) is 9.90 Å². The fourth-order valence-electron chi connectivity index (χ4n) is 0.854. The van der Waals surface area contributed by atoms with Gasteiger partial charge in [0.2, 0.25) is 6.08 Å². The van der Waals surface area contributed by atoms with E-state index in [4.69, 9.17) is 0 Å². The molecule has 0 bridgehead atoms. The molecule has 0 atom stereocenters. The Morgan fingerprint density at radius 2 is 2.00 bits per heavy atom. The van der Waals surface area contributed by atoms with Gasteiger partial charge in [0.1, 0.15) is 5.27 Å². The normalized spacial score (nSPS) is 10.0. The summed E-state index contributed by atoms with van der Waals surface area (Å²) in [5, 5.41) is 17.4. The molecule has 5 nitrogen and oxygen atoms in total. The minimum Gasteiger partial charge on any atom is -0.523 e. The number of nitrogens with zero attached hydrogens (tertiary/aromatic N) is 3. The molecule has 12 heavy (non-hydrogen) atoms. The van der Waals surface area contributed by atoms with Crippen molar-refractivity contribution in [1.29, 1.82) is 0 Å². The fraction of sp³-hybridized carbons (Fsp3) is 0. The van der Waals surface area contributed by atoms with Gasteiger partial charge in [-0.1, -0.05) is 18.2 Å². The standard InChI is InChI=1S/C7H5N3O2/c11-7-8-10(9-12-7)6-4-2-1-3-5-6/h1-5H. The van der Waals surface area contributed by atoms with Gasteiger partial charge in [0.15, 0.2) is 0 Å². The van der Waals surface area contributed by atoms with Crippen LogP contribution in [0.25, 0.3) is 5.69 Å². The molecule has 5 heteroatoms. The zero-order valence-corrected chi connectivity index (χ0v) is 6.04. The van der Waals surface area contributed by atoms with Crippen molar-refractivity contribution in [1.82, 2.24) is 10.4 Å². The summed E-state index contributed by atoms with van der Waals surface area (Å²) in [4.78, 5) is 1.14. The molecule has 0 fully saturated rings. The molecule has 1 aromatic carbocycles. The fourth-order valence-corrected chi connectivity index (χ4v) is 0.854. The molecule has 0 spiro atoms. The number of para-hydroxylation sites is 1. The summed E-state index contributed by atoms with van der Waals surface area (Å²) in [6.07, 6.45) is -0.696. The van der Waals surface area contributed by atoms with Crippen molar-refractivity contribution >= 4 is 0 Å². The van der Waals surface area contributed by atoms with Crippen molar-refractivity contribution in [3.63, 3.8) is 0 Å². The molecule has 0 aliphatic heterocycles. The monoisotopic (exact) mass is 163 g/mol. The Morgan fingerprint density at radius 3 is 2.58 bits per heavy atom. The molecule has 0 saturated heterocycles. The lowest BCUT2D eigenvalue weighted by Crippen LogP contribution is -2.35. The first-order valence-electron chi connectivity index (χ1n) is 3.35. The Labute approximate surface area is 67.8 Å². The van der Waals surface area contributed by atoms with Crippen molar-refractivity contribution in [2.45, 2.75) is 0 Å². The van der Waals surface area contributed by atoms with Crippen molar-refractivity contribution < 1.29 is 14.4 Å². The van der Waals surface area contributed by atoms with E-state index >= 15 is 0 Å². The Morgan fingerprint density at radius 1 is 1.25 bits per heavy atom. The van der Waals surface area contributed by atoms with Crippen molar-refractivity contribution in [2.75, 3.05) is 0 Å². The van der Waals surface area contributed by atoms with Crippen molar-refractivity contribution in [3.8, 4) is 11.8 Å². The third-order valence-electron chi connectivity index (χ3n) is 1.36. The van der Waals surface area contributed by atoms with E-state index in [0.29, 0.717) is 5.69 Å². The van der Waals surface area contributed by atoms with Crippen LogP contribution in [0.1, 0.15) is 0 Å². The average Bonchev–Trinajstić information content (AvgIpc) is 2.54. The van der Waals surface area contributed by atoms with Gasteiger partial charge < -0.3 is 9.63 Å². The van der Waals surface area contributed by atoms with Crippen LogP contribution in [0.5, 0.6) is 6.08 Å². The smallest absolute Gasteiger partial charge is 0.269 e. The highest BCUT2D eigenvalue weighted by atomic mass is 16.6. The summed E-state index contributed by atoms with van der Waals surface area (Å²) in [5.74, 6) is 0. The van der Waals surface area contributed by atoms with E-state index < -0.39 is 6.08 Å². The molecule has 0 amide bonds. The maximum atomic E-state index is 10.5. The second kappa shape index (κ2) is 2.61. The molecule has 0 radical (unpaired) electrons. The molecular weight excluding hydrogens is 158 g/mol. The predicted octanol–water partition coefficient (Wildman–Crippen LogP) is -0.580. The van der Waals surface area contributed by atoms with E-state index in [0.717, 1.165) is 4.80 Å². The minimum atomic E-state index is -0.696. The van der Waals surface area contributed by atoms with Gasteiger partial charge >= 0.3 is 0 Å². The third kappa shape index (κ3) is 1.12. The van der Waals surface area contributed by atoms with Crippen LogP contribution >= 0.6 is 0 Å². The summed E-state index contributed by atoms with van der Waals surface area (Å²) in [7, 11) is 0. The van der Waals surface area contributed by atoms with E-state index in [9.17, 15) is 5.11 Å². The van der Waals surface area contributed by atoms with Gasteiger partial charge in [-0.15, -0.1) is 0 Å². The number of rotatable bonds is 1. The van der Waals surface area contributed by atoms with Crippen molar-refractivity contribution in [3.05, 3.63) is 30.3 Å². The van der Waals surface area contributed by atoms with Crippen LogP contribution < -0.4 is 9.90 Å². The largest absolute Gasteiger partial charge is 0.523 e. The minimum absolute atomic E-state index is 0.696. The van der Waals surface area contributed by atoms with Gasteiger partial charge in [0.25, 0.3) is 5.69 Å². The Bertz CT molecular complexity index is 371. The molecular formula is C7H5N3O2. The van der Waals surface area contributed by atoms with E-state index in [1.54, 1.807) is 12.1 Å². The molecule has 0 saturated carbocycles. The molecule has 1 heterocycles. The predicted molar refractivity (Wildman–Crippen MR) is 35.3 cm³/mol. The van der Waals surface area contributed by atoms with Crippen LogP contribution in [0.15, 0.2) is 34.9 Å². The van der Waals surface area contributed by atoms with Crippen LogP contribution in [0.4, 0.5) is 0 Å². The van der Waals surface area contributed by atoms with Crippen LogP contribution in [-0.4, -0.2) is 10.4 Å². The summed E-state index contributed by atoms with van der Waals surface area (Å²) < 4.78 is 4.27. The topological polar surface area (TPSA) is 65.9 Å². The molecule has 60 valence electrons. The van der Waals surface area contributed by atoms with Crippen LogP contribution in [0.2, 0.25) is 0 Å². The van der Waals surface area contributed by atoms with Gasteiger partial charge in [0, 0.05) is 12.1 Å². The number of hydrogen-bond acceptors (Lipinski definition) is 4. The Balaban J connectivity index is 2.45. The molecule has 2 rings (SSSR count). The lowest BCUT2D eigenvalue weighted by atomic mass is 10.3. The zero-order chi connectivity index (χ0) is 8.39. The number of benzene rings is 1. The summed E-state index contributed by atoms with van der Waals surface area (Å²) >= 11 is 0. The Kier molecular flexibility index (Phi) is 1.48. The molecule has 0 unspecified atom stereocenters. The maximum absolute atomic E-state index is 10.5. The number of aromatic nitrogens is 3. The lowest BCUT2D eigenvalue weighted by Gasteiger charge is -1.82. The molecule has 1 aromatic heterocycles. The summed E-state index contributed by atoms with van der Waals surface area (Å²) in [6.45, 7) is 0. The van der Waals surface area contributed by atoms with E-state index in [2.05, 4.69) is 14.9 Å². The van der Waals surface area contributed by atoms with Crippen LogP contribution in [0.3, 0.4) is 0 Å². The number of hydrogen-bond donors (Lipinski definition) is 0. The first kappa shape index (κ1) is 6.78. The quantitative estimate of drug-likeness (QED) is 0.527. The summed E-state index contributed by atoms with van der Waals surface area (Å²) in [6, 6.07) is 9.05. The molecule has 0 aliphatic rings. The maximum Gasteiger partial charge on any atom is 0.269 e. The first-order valence-corrected chi connectivity index (χ1v) is 3.35. The zero-order valence-electron chi connectivity index (χ0n) is 6.04. The Hall–Kier alpha value is -1.91. The third-order valence-corrected chi connectivity index (χ3v) is 1.36. The highest BCUT2D eigenvalue weighted by molar-refractivity contribution is 5.20.